The van der Waals surface area contributed by atoms with Crippen LogP contribution >= 0.6 is 0 Å². The quantitative estimate of drug-likeness (QED) is 0.768. The Balaban J connectivity index is 1.88. The maximum Gasteiger partial charge on any atom is 0.310 e. The van der Waals surface area contributed by atoms with E-state index in [1.54, 1.807) is 0 Å². The predicted molar refractivity (Wildman–Crippen MR) is 68.2 cm³/mol. The fourth-order valence-corrected chi connectivity index (χ4v) is 4.81. The van der Waals surface area contributed by atoms with E-state index in [9.17, 15) is 9.90 Å². The predicted octanol–water partition coefficient (Wildman–Crippen LogP) is 3.08. The van der Waals surface area contributed by atoms with E-state index >= 15 is 0 Å². The molecule has 2 aliphatic carbocycles. The van der Waals surface area contributed by atoms with Crippen LogP contribution in [0.3, 0.4) is 0 Å². The van der Waals surface area contributed by atoms with Gasteiger partial charge in [0, 0.05) is 5.92 Å². The summed E-state index contributed by atoms with van der Waals surface area (Å²) in [5, 5.41) is 9.81. The van der Waals surface area contributed by atoms with Crippen LogP contribution in [0.1, 0.15) is 52.4 Å². The zero-order chi connectivity index (χ0) is 12.9. The minimum Gasteiger partial charge on any atom is -0.481 e. The Labute approximate surface area is 109 Å². The Kier molecular flexibility index (Phi) is 2.92. The molecule has 3 aliphatic rings. The summed E-state index contributed by atoms with van der Waals surface area (Å²) in [7, 11) is 0. The molecule has 0 amide bonds. The van der Waals surface area contributed by atoms with Crippen LogP contribution < -0.4 is 0 Å². The second kappa shape index (κ2) is 4.22. The van der Waals surface area contributed by atoms with Crippen molar-refractivity contribution in [2.75, 3.05) is 0 Å². The van der Waals surface area contributed by atoms with E-state index in [2.05, 4.69) is 13.8 Å². The molecule has 1 N–H and O–H groups in total. The maximum atomic E-state index is 11.9. The fraction of sp³-hybridized carbons (Fsp3) is 0.933. The largest absolute Gasteiger partial charge is 0.481 e. The fourth-order valence-electron chi connectivity index (χ4n) is 4.81. The molecule has 0 spiro atoms. The van der Waals surface area contributed by atoms with E-state index in [-0.39, 0.29) is 12.0 Å². The van der Waals surface area contributed by atoms with E-state index in [0.717, 1.165) is 32.1 Å². The highest BCUT2D eigenvalue weighted by atomic mass is 16.6. The average molecular weight is 252 g/mol. The monoisotopic (exact) mass is 252 g/mol. The smallest absolute Gasteiger partial charge is 0.310 e. The van der Waals surface area contributed by atoms with Gasteiger partial charge in [0.2, 0.25) is 0 Å². The first-order valence-corrected chi connectivity index (χ1v) is 7.45. The van der Waals surface area contributed by atoms with Crippen molar-refractivity contribution in [2.24, 2.45) is 23.2 Å². The third kappa shape index (κ3) is 1.70. The van der Waals surface area contributed by atoms with Crippen molar-refractivity contribution in [3.8, 4) is 0 Å². The highest BCUT2D eigenvalue weighted by molar-refractivity contribution is 5.75. The van der Waals surface area contributed by atoms with Crippen molar-refractivity contribution < 1.29 is 14.6 Å². The van der Waals surface area contributed by atoms with E-state index in [1.807, 2.05) is 0 Å². The lowest BCUT2D eigenvalue weighted by atomic mass is 9.57. The van der Waals surface area contributed by atoms with Crippen LogP contribution in [0.5, 0.6) is 0 Å². The van der Waals surface area contributed by atoms with Gasteiger partial charge >= 0.3 is 5.97 Å². The molecule has 2 saturated carbocycles. The zero-order valence-electron chi connectivity index (χ0n) is 11.4. The number of rotatable bonds is 2. The molecule has 5 atom stereocenters. The number of carbonyl (C=O) groups is 1. The number of hydrogen-bond acceptors (Lipinski definition) is 2. The summed E-state index contributed by atoms with van der Waals surface area (Å²) in [6, 6.07) is 0. The molecule has 1 aliphatic heterocycles. The van der Waals surface area contributed by atoms with Crippen LogP contribution in [0.2, 0.25) is 0 Å². The van der Waals surface area contributed by atoms with Gasteiger partial charge in [-0.2, -0.15) is 0 Å². The van der Waals surface area contributed by atoms with Gasteiger partial charge in [0.15, 0.2) is 0 Å². The van der Waals surface area contributed by atoms with Gasteiger partial charge in [-0.15, -0.1) is 0 Å². The molecule has 0 aromatic rings. The molecule has 1 saturated heterocycles. The number of ether oxygens (including phenoxy) is 1. The van der Waals surface area contributed by atoms with Crippen molar-refractivity contribution >= 4 is 5.97 Å². The normalized spacial score (nSPS) is 46.2. The first-order valence-electron chi connectivity index (χ1n) is 7.45. The van der Waals surface area contributed by atoms with Gasteiger partial charge in [-0.3, -0.25) is 4.79 Å². The van der Waals surface area contributed by atoms with E-state index in [4.69, 9.17) is 4.74 Å². The Morgan fingerprint density at radius 3 is 2.39 bits per heavy atom. The summed E-state index contributed by atoms with van der Waals surface area (Å²) in [6.07, 6.45) is 6.77. The zero-order valence-corrected chi connectivity index (χ0v) is 11.4. The summed E-state index contributed by atoms with van der Waals surface area (Å²) in [6.45, 7) is 4.48. The average Bonchev–Trinajstić information content (AvgIpc) is 3.10. The molecule has 0 aromatic heterocycles. The highest BCUT2D eigenvalue weighted by Crippen LogP contribution is 2.57. The SMILES string of the molecule is CC1CC(C)C(C2(C(=O)O)CCCCC2)C2OC12. The summed E-state index contributed by atoms with van der Waals surface area (Å²) in [5.41, 5.74) is -0.489. The van der Waals surface area contributed by atoms with Gasteiger partial charge in [-0.25, -0.2) is 0 Å². The second-order valence-electron chi connectivity index (χ2n) is 6.80. The van der Waals surface area contributed by atoms with Crippen LogP contribution in [0.15, 0.2) is 0 Å². The van der Waals surface area contributed by atoms with E-state index < -0.39 is 11.4 Å². The summed E-state index contributed by atoms with van der Waals surface area (Å²) in [4.78, 5) is 11.9. The highest BCUT2D eigenvalue weighted by Gasteiger charge is 2.62. The molecule has 0 aromatic carbocycles. The molecular formula is C15H24O3. The Morgan fingerprint density at radius 2 is 1.78 bits per heavy atom. The minimum atomic E-state index is -0.567. The van der Waals surface area contributed by atoms with Crippen LogP contribution in [0, 0.1) is 23.2 Å². The number of carboxylic acids is 1. The lowest BCUT2D eigenvalue weighted by Gasteiger charge is -2.44. The van der Waals surface area contributed by atoms with Crippen molar-refractivity contribution in [1.82, 2.24) is 0 Å². The Hall–Kier alpha value is -0.570. The summed E-state index contributed by atoms with van der Waals surface area (Å²) in [5.74, 6) is 0.771. The first kappa shape index (κ1) is 12.5. The minimum absolute atomic E-state index is 0.234. The number of hydrogen-bond donors (Lipinski definition) is 1. The molecule has 102 valence electrons. The third-order valence-corrected chi connectivity index (χ3v) is 5.64. The maximum absolute atomic E-state index is 11.9. The summed E-state index contributed by atoms with van der Waals surface area (Å²) >= 11 is 0. The Bertz CT molecular complexity index is 344. The number of aliphatic carboxylic acids is 1. The molecule has 18 heavy (non-hydrogen) atoms. The first-order chi connectivity index (χ1) is 8.56. The van der Waals surface area contributed by atoms with Crippen molar-refractivity contribution in [1.29, 1.82) is 0 Å². The van der Waals surface area contributed by atoms with Crippen LogP contribution in [0.4, 0.5) is 0 Å². The molecule has 0 bridgehead atoms. The topological polar surface area (TPSA) is 49.8 Å². The number of carboxylic acid groups (broad SMARTS) is 1. The molecule has 3 fully saturated rings. The van der Waals surface area contributed by atoms with Crippen molar-refractivity contribution in [2.45, 2.75) is 64.6 Å². The van der Waals surface area contributed by atoms with Crippen LogP contribution in [-0.4, -0.2) is 23.3 Å². The standard InChI is InChI=1S/C15H24O3/c1-9-8-10(2)12-13(18-12)11(9)15(14(16)17)6-4-3-5-7-15/h9-13H,3-8H2,1-2H3,(H,16,17). The van der Waals surface area contributed by atoms with Gasteiger partial charge < -0.3 is 9.84 Å². The van der Waals surface area contributed by atoms with Gasteiger partial charge in [-0.1, -0.05) is 33.1 Å². The molecular weight excluding hydrogens is 228 g/mol. The van der Waals surface area contributed by atoms with Crippen molar-refractivity contribution in [3.05, 3.63) is 0 Å². The van der Waals surface area contributed by atoms with Gasteiger partial charge in [-0.05, 0) is 31.1 Å². The van der Waals surface area contributed by atoms with Gasteiger partial charge in [0.1, 0.15) is 0 Å². The lowest BCUT2D eigenvalue weighted by Crippen LogP contribution is -2.48. The lowest BCUT2D eigenvalue weighted by molar-refractivity contribution is -0.158. The molecule has 3 heteroatoms. The third-order valence-electron chi connectivity index (χ3n) is 5.64. The van der Waals surface area contributed by atoms with Crippen molar-refractivity contribution in [3.63, 3.8) is 0 Å². The number of epoxide rings is 1. The van der Waals surface area contributed by atoms with Crippen LogP contribution in [-0.2, 0) is 9.53 Å². The number of fused-ring (bicyclic) bond motifs is 1. The van der Waals surface area contributed by atoms with Gasteiger partial charge in [0.25, 0.3) is 0 Å². The Morgan fingerprint density at radius 1 is 1.11 bits per heavy atom. The van der Waals surface area contributed by atoms with Gasteiger partial charge in [0.05, 0.1) is 17.6 Å². The molecule has 3 rings (SSSR count). The van der Waals surface area contributed by atoms with E-state index in [0.29, 0.717) is 17.9 Å². The summed E-state index contributed by atoms with van der Waals surface area (Å²) < 4.78 is 5.84. The molecule has 3 nitrogen and oxygen atoms in total. The second-order valence-corrected chi connectivity index (χ2v) is 6.80. The molecule has 0 radical (unpaired) electrons. The molecule has 1 heterocycles. The molecule has 5 unspecified atom stereocenters. The van der Waals surface area contributed by atoms with Crippen LogP contribution in [0.25, 0.3) is 0 Å². The van der Waals surface area contributed by atoms with E-state index in [1.165, 1.54) is 6.42 Å².